The Balaban J connectivity index is 1.51. The van der Waals surface area contributed by atoms with Crippen LogP contribution in [0, 0.1) is 5.92 Å². The van der Waals surface area contributed by atoms with Gasteiger partial charge in [0.15, 0.2) is 0 Å². The lowest BCUT2D eigenvalue weighted by Gasteiger charge is -2.08. The standard InChI is InChI=1S/C17H21N5O3/c1-25-15-4-2-13(3-5-15)20-16(23)11-22-10-14(9-19-22)21-17(24)12-6-7-18-8-12/h2-5,9-10,12,18H,6-8,11H2,1H3,(H,20,23)(H,21,24). The molecule has 2 aromatic rings. The summed E-state index contributed by atoms with van der Waals surface area (Å²) in [5.41, 5.74) is 1.27. The fourth-order valence-corrected chi connectivity index (χ4v) is 2.66. The first kappa shape index (κ1) is 17.0. The molecular formula is C17H21N5O3. The van der Waals surface area contributed by atoms with Crippen LogP contribution in [-0.2, 0) is 16.1 Å². The maximum atomic E-state index is 12.1. The molecule has 2 amide bonds. The number of ether oxygens (including phenoxy) is 1. The van der Waals surface area contributed by atoms with Crippen molar-refractivity contribution in [3.8, 4) is 5.75 Å². The second-order valence-electron chi connectivity index (χ2n) is 5.88. The highest BCUT2D eigenvalue weighted by atomic mass is 16.5. The highest BCUT2D eigenvalue weighted by Gasteiger charge is 2.22. The van der Waals surface area contributed by atoms with Crippen molar-refractivity contribution in [1.29, 1.82) is 0 Å². The van der Waals surface area contributed by atoms with Crippen LogP contribution >= 0.6 is 0 Å². The van der Waals surface area contributed by atoms with Crippen molar-refractivity contribution in [3.63, 3.8) is 0 Å². The summed E-state index contributed by atoms with van der Waals surface area (Å²) in [6.07, 6.45) is 4.03. The van der Waals surface area contributed by atoms with Crippen molar-refractivity contribution in [2.45, 2.75) is 13.0 Å². The lowest BCUT2D eigenvalue weighted by atomic mass is 10.1. The smallest absolute Gasteiger partial charge is 0.246 e. The average molecular weight is 343 g/mol. The van der Waals surface area contributed by atoms with Gasteiger partial charge in [0.05, 0.1) is 24.9 Å². The first-order chi connectivity index (χ1) is 12.1. The molecule has 1 atom stereocenters. The van der Waals surface area contributed by atoms with Gasteiger partial charge in [-0.3, -0.25) is 14.3 Å². The molecule has 1 fully saturated rings. The molecule has 1 aromatic carbocycles. The monoisotopic (exact) mass is 343 g/mol. The van der Waals surface area contributed by atoms with Crippen LogP contribution in [0.15, 0.2) is 36.7 Å². The van der Waals surface area contributed by atoms with Crippen LogP contribution in [0.2, 0.25) is 0 Å². The zero-order chi connectivity index (χ0) is 17.6. The van der Waals surface area contributed by atoms with E-state index in [1.807, 2.05) is 0 Å². The molecule has 0 spiro atoms. The maximum absolute atomic E-state index is 12.1. The minimum absolute atomic E-state index is 0.0123. The van der Waals surface area contributed by atoms with Crippen molar-refractivity contribution >= 4 is 23.2 Å². The highest BCUT2D eigenvalue weighted by Crippen LogP contribution is 2.15. The molecular weight excluding hydrogens is 322 g/mol. The molecule has 0 radical (unpaired) electrons. The van der Waals surface area contributed by atoms with Gasteiger partial charge in [0.1, 0.15) is 12.3 Å². The Hall–Kier alpha value is -2.87. The third-order valence-corrected chi connectivity index (χ3v) is 4.01. The Bertz CT molecular complexity index is 735. The zero-order valence-corrected chi connectivity index (χ0v) is 14.0. The predicted molar refractivity (Wildman–Crippen MR) is 93.5 cm³/mol. The summed E-state index contributed by atoms with van der Waals surface area (Å²) in [4.78, 5) is 24.1. The Kier molecular flexibility index (Phi) is 5.30. The van der Waals surface area contributed by atoms with Crippen LogP contribution in [-0.4, -0.2) is 41.8 Å². The second kappa shape index (κ2) is 7.80. The first-order valence-electron chi connectivity index (χ1n) is 8.12. The Morgan fingerprint density at radius 3 is 2.76 bits per heavy atom. The van der Waals surface area contributed by atoms with E-state index in [1.165, 1.54) is 4.68 Å². The van der Waals surface area contributed by atoms with Gasteiger partial charge in [-0.1, -0.05) is 0 Å². The third kappa shape index (κ3) is 4.57. The Labute approximate surface area is 145 Å². The lowest BCUT2D eigenvalue weighted by molar-refractivity contribution is -0.119. The minimum Gasteiger partial charge on any atom is -0.497 e. The van der Waals surface area contributed by atoms with Crippen LogP contribution in [0.1, 0.15) is 6.42 Å². The van der Waals surface area contributed by atoms with Gasteiger partial charge in [0, 0.05) is 18.4 Å². The van der Waals surface area contributed by atoms with E-state index in [0.717, 1.165) is 18.7 Å². The molecule has 132 valence electrons. The van der Waals surface area contributed by atoms with Gasteiger partial charge in [0.25, 0.3) is 0 Å². The Morgan fingerprint density at radius 2 is 2.08 bits per heavy atom. The molecule has 1 aromatic heterocycles. The number of hydrogen-bond acceptors (Lipinski definition) is 5. The van der Waals surface area contributed by atoms with E-state index in [1.54, 1.807) is 43.8 Å². The fourth-order valence-electron chi connectivity index (χ4n) is 2.66. The largest absolute Gasteiger partial charge is 0.497 e. The number of methoxy groups -OCH3 is 1. The maximum Gasteiger partial charge on any atom is 0.246 e. The molecule has 1 aliphatic rings. The van der Waals surface area contributed by atoms with Gasteiger partial charge in [-0.25, -0.2) is 0 Å². The summed E-state index contributed by atoms with van der Waals surface area (Å²) in [5.74, 6) is 0.489. The predicted octanol–water partition coefficient (Wildman–Crippen LogP) is 1.08. The quantitative estimate of drug-likeness (QED) is 0.729. The van der Waals surface area contributed by atoms with Gasteiger partial charge in [-0.2, -0.15) is 5.10 Å². The van der Waals surface area contributed by atoms with Crippen molar-refractivity contribution in [2.24, 2.45) is 5.92 Å². The number of nitrogens with zero attached hydrogens (tertiary/aromatic N) is 2. The SMILES string of the molecule is COc1ccc(NC(=O)Cn2cc(NC(=O)C3CCNC3)cn2)cc1. The van der Waals surface area contributed by atoms with Crippen LogP contribution in [0.25, 0.3) is 0 Å². The van der Waals surface area contributed by atoms with Gasteiger partial charge in [-0.15, -0.1) is 0 Å². The summed E-state index contributed by atoms with van der Waals surface area (Å²) in [5, 5.41) is 12.9. The van der Waals surface area contributed by atoms with Crippen LogP contribution in [0.3, 0.4) is 0 Å². The van der Waals surface area contributed by atoms with Crippen molar-refractivity contribution < 1.29 is 14.3 Å². The van der Waals surface area contributed by atoms with E-state index < -0.39 is 0 Å². The number of hydrogen-bond donors (Lipinski definition) is 3. The molecule has 0 aliphatic carbocycles. The summed E-state index contributed by atoms with van der Waals surface area (Å²) in [7, 11) is 1.59. The van der Waals surface area contributed by atoms with Gasteiger partial charge in [-0.05, 0) is 37.2 Å². The summed E-state index contributed by atoms with van der Waals surface area (Å²) in [6.45, 7) is 1.63. The van der Waals surface area contributed by atoms with E-state index in [-0.39, 0.29) is 24.3 Å². The van der Waals surface area contributed by atoms with Crippen LogP contribution in [0.4, 0.5) is 11.4 Å². The van der Waals surface area contributed by atoms with E-state index >= 15 is 0 Å². The molecule has 0 bridgehead atoms. The minimum atomic E-state index is -0.203. The number of benzene rings is 1. The molecule has 25 heavy (non-hydrogen) atoms. The topological polar surface area (TPSA) is 97.3 Å². The lowest BCUT2D eigenvalue weighted by Crippen LogP contribution is -2.24. The average Bonchev–Trinajstić information content (AvgIpc) is 3.27. The number of amides is 2. The molecule has 1 aliphatic heterocycles. The number of carbonyl (C=O) groups is 2. The van der Waals surface area contributed by atoms with E-state index in [0.29, 0.717) is 17.9 Å². The molecule has 8 nitrogen and oxygen atoms in total. The molecule has 0 saturated carbocycles. The summed E-state index contributed by atoms with van der Waals surface area (Å²) < 4.78 is 6.56. The van der Waals surface area contributed by atoms with Crippen molar-refractivity contribution in [1.82, 2.24) is 15.1 Å². The molecule has 3 rings (SSSR count). The van der Waals surface area contributed by atoms with Gasteiger partial charge >= 0.3 is 0 Å². The number of nitrogens with one attached hydrogen (secondary N) is 3. The van der Waals surface area contributed by atoms with E-state index in [4.69, 9.17) is 4.74 Å². The Morgan fingerprint density at radius 1 is 1.28 bits per heavy atom. The number of anilines is 2. The second-order valence-corrected chi connectivity index (χ2v) is 5.88. The van der Waals surface area contributed by atoms with Gasteiger partial charge < -0.3 is 20.7 Å². The van der Waals surface area contributed by atoms with Crippen LogP contribution in [0.5, 0.6) is 5.75 Å². The normalized spacial score (nSPS) is 16.4. The third-order valence-electron chi connectivity index (χ3n) is 4.01. The van der Waals surface area contributed by atoms with Crippen molar-refractivity contribution in [3.05, 3.63) is 36.7 Å². The van der Waals surface area contributed by atoms with Crippen LogP contribution < -0.4 is 20.7 Å². The fraction of sp³-hybridized carbons (Fsp3) is 0.353. The summed E-state index contributed by atoms with van der Waals surface area (Å²) in [6, 6.07) is 7.08. The van der Waals surface area contributed by atoms with Gasteiger partial charge in [0.2, 0.25) is 11.8 Å². The molecule has 3 N–H and O–H groups in total. The number of aromatic nitrogens is 2. The van der Waals surface area contributed by atoms with Crippen molar-refractivity contribution in [2.75, 3.05) is 30.8 Å². The summed E-state index contributed by atoms with van der Waals surface area (Å²) >= 11 is 0. The van der Waals surface area contributed by atoms with E-state index in [2.05, 4.69) is 21.0 Å². The molecule has 1 saturated heterocycles. The zero-order valence-electron chi connectivity index (χ0n) is 14.0. The number of rotatable bonds is 6. The highest BCUT2D eigenvalue weighted by molar-refractivity contribution is 5.93. The first-order valence-corrected chi connectivity index (χ1v) is 8.12. The molecule has 8 heteroatoms. The molecule has 1 unspecified atom stereocenters. The molecule has 2 heterocycles. The number of carbonyl (C=O) groups excluding carboxylic acids is 2. The van der Waals surface area contributed by atoms with E-state index in [9.17, 15) is 9.59 Å².